The van der Waals surface area contributed by atoms with Gasteiger partial charge < -0.3 is 19.5 Å². The number of hydrogen-bond donors (Lipinski definition) is 1. The zero-order valence-corrected chi connectivity index (χ0v) is 16.7. The number of nitrogens with zero attached hydrogens (tertiary/aromatic N) is 3. The topological polar surface area (TPSA) is 68.9 Å². The Morgan fingerprint density at radius 2 is 1.62 bits per heavy atom. The maximum Gasteiger partial charge on any atom is 0.270 e. The zero-order valence-electron chi connectivity index (χ0n) is 16.7. The number of aromatic amines is 1. The summed E-state index contributed by atoms with van der Waals surface area (Å²) in [6, 6.07) is 8.28. The van der Waals surface area contributed by atoms with Gasteiger partial charge in [-0.05, 0) is 37.1 Å². The number of piperazine rings is 1. The van der Waals surface area contributed by atoms with Crippen LogP contribution in [0.1, 0.15) is 40.1 Å². The summed E-state index contributed by atoms with van der Waals surface area (Å²) in [5, 5.41) is 0.903. The number of aromatic nitrogens is 1. The zero-order chi connectivity index (χ0) is 19.8. The van der Waals surface area contributed by atoms with Gasteiger partial charge in [0.2, 0.25) is 0 Å². The maximum atomic E-state index is 13.0. The van der Waals surface area contributed by atoms with Crippen LogP contribution in [0.5, 0.6) is 0 Å². The van der Waals surface area contributed by atoms with Crippen molar-refractivity contribution in [1.29, 1.82) is 0 Å². The molecule has 3 heterocycles. The number of amides is 2. The largest absolute Gasteiger partial charge is 0.378 e. The molecule has 0 unspecified atom stereocenters. The van der Waals surface area contributed by atoms with Crippen LogP contribution < -0.4 is 0 Å². The Bertz CT molecular complexity index is 906. The average molecular weight is 396 g/mol. The maximum absolute atomic E-state index is 13.0. The second kappa shape index (κ2) is 7.80. The highest BCUT2D eigenvalue weighted by molar-refractivity contribution is 6.01. The van der Waals surface area contributed by atoms with E-state index in [9.17, 15) is 9.59 Å². The second-order valence-corrected chi connectivity index (χ2v) is 8.30. The molecule has 1 N–H and O–H groups in total. The molecule has 3 aliphatic rings. The van der Waals surface area contributed by atoms with Gasteiger partial charge in [0.25, 0.3) is 11.8 Å². The Morgan fingerprint density at radius 1 is 0.897 bits per heavy atom. The third kappa shape index (κ3) is 3.65. The summed E-state index contributed by atoms with van der Waals surface area (Å²) in [5.74, 6) is 0.0758. The first-order valence-electron chi connectivity index (χ1n) is 10.7. The Kier molecular flexibility index (Phi) is 5.01. The van der Waals surface area contributed by atoms with Crippen LogP contribution in [0.15, 0.2) is 24.3 Å². The molecule has 0 radical (unpaired) electrons. The summed E-state index contributed by atoms with van der Waals surface area (Å²) in [6.45, 7) is 5.93. The van der Waals surface area contributed by atoms with Crippen LogP contribution in [-0.2, 0) is 4.74 Å². The van der Waals surface area contributed by atoms with Crippen LogP contribution in [0.3, 0.4) is 0 Å². The Morgan fingerprint density at radius 3 is 2.31 bits per heavy atom. The van der Waals surface area contributed by atoms with Crippen molar-refractivity contribution in [2.75, 3.05) is 52.5 Å². The number of carbonyl (C=O) groups is 2. The molecule has 2 amide bonds. The van der Waals surface area contributed by atoms with Crippen LogP contribution >= 0.6 is 0 Å². The van der Waals surface area contributed by atoms with Gasteiger partial charge in [0, 0.05) is 61.8 Å². The minimum atomic E-state index is -0.00973. The van der Waals surface area contributed by atoms with Gasteiger partial charge in [-0.15, -0.1) is 0 Å². The lowest BCUT2D eigenvalue weighted by atomic mass is 9.91. The molecule has 3 fully saturated rings. The summed E-state index contributed by atoms with van der Waals surface area (Å²) in [7, 11) is 0. The molecule has 1 aromatic carbocycles. The number of nitrogens with one attached hydrogen (secondary N) is 1. The molecular formula is C22H28N4O3. The SMILES string of the molecule is O=C(c1ccc2[nH]c(C(=O)N3CCOCC3)cc2c1)N1CCN(C2CCC2)CC1. The molecule has 2 aromatic rings. The third-order valence-corrected chi connectivity index (χ3v) is 6.59. The van der Waals surface area contributed by atoms with Gasteiger partial charge in [-0.2, -0.15) is 0 Å². The number of rotatable bonds is 3. The normalized spacial score (nSPS) is 21.4. The van der Waals surface area contributed by atoms with Crippen molar-refractivity contribution in [2.45, 2.75) is 25.3 Å². The van der Waals surface area contributed by atoms with Crippen molar-refractivity contribution in [3.63, 3.8) is 0 Å². The molecule has 7 nitrogen and oxygen atoms in total. The van der Waals surface area contributed by atoms with E-state index in [0.717, 1.165) is 43.1 Å². The average Bonchev–Trinajstić information content (AvgIpc) is 3.16. The van der Waals surface area contributed by atoms with Crippen molar-refractivity contribution < 1.29 is 14.3 Å². The van der Waals surface area contributed by atoms with Gasteiger partial charge >= 0.3 is 0 Å². The first-order chi connectivity index (χ1) is 14.2. The highest BCUT2D eigenvalue weighted by atomic mass is 16.5. The van der Waals surface area contributed by atoms with Crippen molar-refractivity contribution in [3.05, 3.63) is 35.5 Å². The van der Waals surface area contributed by atoms with E-state index in [0.29, 0.717) is 37.6 Å². The smallest absolute Gasteiger partial charge is 0.270 e. The fraction of sp³-hybridized carbons (Fsp3) is 0.545. The lowest BCUT2D eigenvalue weighted by molar-refractivity contribution is 0.0299. The first-order valence-corrected chi connectivity index (χ1v) is 10.7. The van der Waals surface area contributed by atoms with Crippen LogP contribution in [0, 0.1) is 0 Å². The molecule has 2 aliphatic heterocycles. The van der Waals surface area contributed by atoms with E-state index >= 15 is 0 Å². The predicted octanol–water partition coefficient (Wildman–Crippen LogP) is 1.95. The van der Waals surface area contributed by atoms with E-state index in [2.05, 4.69) is 9.88 Å². The second-order valence-electron chi connectivity index (χ2n) is 8.30. The van der Waals surface area contributed by atoms with Crippen molar-refractivity contribution in [2.24, 2.45) is 0 Å². The molecule has 1 aromatic heterocycles. The summed E-state index contributed by atoms with van der Waals surface area (Å²) in [6.07, 6.45) is 3.96. The molecule has 2 saturated heterocycles. The fourth-order valence-electron chi connectivity index (χ4n) is 4.54. The molecule has 1 aliphatic carbocycles. The lowest BCUT2D eigenvalue weighted by Crippen LogP contribution is -2.53. The van der Waals surface area contributed by atoms with Gasteiger partial charge in [0.05, 0.1) is 13.2 Å². The Labute approximate surface area is 170 Å². The van der Waals surface area contributed by atoms with Crippen molar-refractivity contribution >= 4 is 22.7 Å². The van der Waals surface area contributed by atoms with Gasteiger partial charge in [-0.25, -0.2) is 0 Å². The van der Waals surface area contributed by atoms with E-state index in [4.69, 9.17) is 4.74 Å². The highest BCUT2D eigenvalue weighted by Crippen LogP contribution is 2.26. The van der Waals surface area contributed by atoms with E-state index in [1.165, 1.54) is 19.3 Å². The number of ether oxygens (including phenoxy) is 1. The van der Waals surface area contributed by atoms with Crippen LogP contribution in [0.4, 0.5) is 0 Å². The lowest BCUT2D eigenvalue weighted by Gasteiger charge is -2.42. The molecule has 5 rings (SSSR count). The molecule has 154 valence electrons. The summed E-state index contributed by atoms with van der Waals surface area (Å²) in [4.78, 5) is 35.2. The molecule has 0 bridgehead atoms. The van der Waals surface area contributed by atoms with Crippen LogP contribution in [-0.4, -0.2) is 90.0 Å². The quantitative estimate of drug-likeness (QED) is 0.861. The summed E-state index contributed by atoms with van der Waals surface area (Å²) >= 11 is 0. The molecule has 0 spiro atoms. The highest BCUT2D eigenvalue weighted by Gasteiger charge is 2.29. The Balaban J connectivity index is 1.28. The van der Waals surface area contributed by atoms with E-state index in [1.54, 1.807) is 0 Å². The fourth-order valence-corrected chi connectivity index (χ4v) is 4.54. The minimum absolute atomic E-state index is 0.00973. The number of H-pyrrole nitrogens is 1. The van der Waals surface area contributed by atoms with Crippen molar-refractivity contribution in [3.8, 4) is 0 Å². The van der Waals surface area contributed by atoms with Gasteiger partial charge in [0.15, 0.2) is 0 Å². The molecular weight excluding hydrogens is 368 g/mol. The number of hydrogen-bond acceptors (Lipinski definition) is 4. The molecule has 0 atom stereocenters. The van der Waals surface area contributed by atoms with Gasteiger partial charge in [-0.1, -0.05) is 6.42 Å². The van der Waals surface area contributed by atoms with Gasteiger partial charge in [0.1, 0.15) is 5.69 Å². The molecule has 29 heavy (non-hydrogen) atoms. The number of carbonyl (C=O) groups excluding carboxylic acids is 2. The Hall–Kier alpha value is -2.38. The number of fused-ring (bicyclic) bond motifs is 1. The van der Waals surface area contributed by atoms with Gasteiger partial charge in [-0.3, -0.25) is 14.5 Å². The third-order valence-electron chi connectivity index (χ3n) is 6.59. The van der Waals surface area contributed by atoms with E-state index < -0.39 is 0 Å². The number of benzene rings is 1. The van der Waals surface area contributed by atoms with E-state index in [-0.39, 0.29) is 11.8 Å². The van der Waals surface area contributed by atoms with Crippen LogP contribution in [0.25, 0.3) is 10.9 Å². The van der Waals surface area contributed by atoms with E-state index in [1.807, 2.05) is 34.1 Å². The molecule has 7 heteroatoms. The molecule has 1 saturated carbocycles. The minimum Gasteiger partial charge on any atom is -0.378 e. The standard InChI is InChI=1S/C22H28N4O3/c27-21(25-8-6-24(7-9-25)18-2-1-3-18)16-4-5-19-17(14-16)15-20(23-19)22(28)26-10-12-29-13-11-26/h4-5,14-15,18,23H,1-3,6-13H2. The summed E-state index contributed by atoms with van der Waals surface area (Å²) in [5.41, 5.74) is 2.15. The predicted molar refractivity (Wildman–Crippen MR) is 110 cm³/mol. The summed E-state index contributed by atoms with van der Waals surface area (Å²) < 4.78 is 5.32. The monoisotopic (exact) mass is 396 g/mol. The first kappa shape index (κ1) is 18.6. The van der Waals surface area contributed by atoms with Crippen molar-refractivity contribution in [1.82, 2.24) is 19.7 Å². The van der Waals surface area contributed by atoms with Crippen LogP contribution in [0.2, 0.25) is 0 Å². The number of morpholine rings is 1.